The number of ether oxygens (including phenoxy) is 1. The zero-order valence-electron chi connectivity index (χ0n) is 11.8. The molecule has 0 saturated heterocycles. The van der Waals surface area contributed by atoms with Crippen molar-refractivity contribution in [3.63, 3.8) is 0 Å². The van der Waals surface area contributed by atoms with E-state index in [0.717, 1.165) is 29.8 Å². The van der Waals surface area contributed by atoms with Crippen molar-refractivity contribution in [1.29, 1.82) is 0 Å². The Morgan fingerprint density at radius 3 is 2.30 bits per heavy atom. The molecule has 2 aromatic carbocycles. The van der Waals surface area contributed by atoms with Crippen LogP contribution in [0.5, 0.6) is 0 Å². The molecule has 0 fully saturated rings. The monoisotopic (exact) mass is 357 g/mol. The molecular weight excluding hydrogens is 345 g/mol. The quantitative estimate of drug-likeness (QED) is 0.806. The number of rotatable bonds is 6. The maximum atomic E-state index is 12.8. The molecule has 0 bridgehead atoms. The molecule has 2 aromatic rings. The number of sulfonamides is 1. The lowest BCUT2D eigenvalue weighted by atomic mass is 10.2. The first kappa shape index (κ1) is 17.4. The van der Waals surface area contributed by atoms with Gasteiger partial charge < -0.3 is 4.74 Å². The van der Waals surface area contributed by atoms with Crippen LogP contribution in [0.25, 0.3) is 0 Å². The van der Waals surface area contributed by atoms with E-state index in [1.807, 2.05) is 0 Å². The highest BCUT2D eigenvalue weighted by molar-refractivity contribution is 7.89. The summed E-state index contributed by atoms with van der Waals surface area (Å²) >= 11 is 5.73. The lowest BCUT2D eigenvalue weighted by molar-refractivity contribution is -0.143. The van der Waals surface area contributed by atoms with E-state index in [-0.39, 0.29) is 11.5 Å². The first-order valence-corrected chi connectivity index (χ1v) is 8.38. The maximum absolute atomic E-state index is 12.8. The Bertz CT molecular complexity index is 776. The normalized spacial score (nSPS) is 11.2. The van der Waals surface area contributed by atoms with Crippen LogP contribution in [0.1, 0.15) is 5.56 Å². The summed E-state index contributed by atoms with van der Waals surface area (Å²) in [6, 6.07) is 11.0. The van der Waals surface area contributed by atoms with Gasteiger partial charge in [-0.25, -0.2) is 12.8 Å². The Hall–Kier alpha value is -1.96. The summed E-state index contributed by atoms with van der Waals surface area (Å²) < 4.78 is 43.6. The number of esters is 1. The second-order valence-corrected chi connectivity index (χ2v) is 6.77. The maximum Gasteiger partial charge on any atom is 0.321 e. The van der Waals surface area contributed by atoms with Crippen molar-refractivity contribution in [2.24, 2.45) is 0 Å². The highest BCUT2D eigenvalue weighted by Crippen LogP contribution is 2.11. The average Bonchev–Trinajstić information content (AvgIpc) is 2.53. The summed E-state index contributed by atoms with van der Waals surface area (Å²) in [5, 5.41) is 0.562. The molecule has 0 amide bonds. The summed E-state index contributed by atoms with van der Waals surface area (Å²) in [6.07, 6.45) is 0. The van der Waals surface area contributed by atoms with E-state index in [0.29, 0.717) is 5.02 Å². The van der Waals surface area contributed by atoms with Crippen LogP contribution in [0.4, 0.5) is 4.39 Å². The minimum absolute atomic E-state index is 0.00821. The summed E-state index contributed by atoms with van der Waals surface area (Å²) in [4.78, 5) is 11.4. The van der Waals surface area contributed by atoms with Crippen molar-refractivity contribution in [2.45, 2.75) is 11.5 Å². The Kier molecular flexibility index (Phi) is 5.70. The molecule has 0 aromatic heterocycles. The predicted molar refractivity (Wildman–Crippen MR) is 82.8 cm³/mol. The van der Waals surface area contributed by atoms with Crippen molar-refractivity contribution in [1.82, 2.24) is 4.72 Å². The summed E-state index contributed by atoms with van der Waals surface area (Å²) in [5.74, 6) is -1.28. The number of carbonyl (C=O) groups excluding carboxylic acids is 1. The topological polar surface area (TPSA) is 72.5 Å². The fourth-order valence-corrected chi connectivity index (χ4v) is 2.74. The van der Waals surface area contributed by atoms with Crippen molar-refractivity contribution >= 4 is 27.6 Å². The minimum Gasteiger partial charge on any atom is -0.460 e. The number of carbonyl (C=O) groups is 1. The van der Waals surface area contributed by atoms with Crippen LogP contribution in [0, 0.1) is 5.82 Å². The third kappa shape index (κ3) is 5.31. The highest BCUT2D eigenvalue weighted by atomic mass is 35.5. The number of hydrogen-bond donors (Lipinski definition) is 1. The van der Waals surface area contributed by atoms with Crippen molar-refractivity contribution in [3.8, 4) is 0 Å². The zero-order chi connectivity index (χ0) is 16.9. The second-order valence-electron chi connectivity index (χ2n) is 4.57. The van der Waals surface area contributed by atoms with Gasteiger partial charge in [0.05, 0.1) is 4.90 Å². The summed E-state index contributed by atoms with van der Waals surface area (Å²) in [6.45, 7) is -0.512. The van der Waals surface area contributed by atoms with E-state index in [1.54, 1.807) is 24.3 Å². The van der Waals surface area contributed by atoms with Crippen molar-refractivity contribution in [3.05, 3.63) is 64.9 Å². The molecule has 5 nitrogen and oxygen atoms in total. The van der Waals surface area contributed by atoms with E-state index in [2.05, 4.69) is 4.72 Å². The van der Waals surface area contributed by atoms with Crippen molar-refractivity contribution in [2.75, 3.05) is 6.54 Å². The van der Waals surface area contributed by atoms with Crippen molar-refractivity contribution < 1.29 is 22.3 Å². The molecule has 8 heteroatoms. The molecule has 0 aliphatic heterocycles. The molecule has 0 heterocycles. The number of benzene rings is 2. The van der Waals surface area contributed by atoms with Gasteiger partial charge in [0, 0.05) is 5.02 Å². The van der Waals surface area contributed by atoms with Gasteiger partial charge in [0.1, 0.15) is 19.0 Å². The average molecular weight is 358 g/mol. The zero-order valence-corrected chi connectivity index (χ0v) is 13.4. The Balaban J connectivity index is 1.86. The Labute approximate surface area is 138 Å². The first-order valence-electron chi connectivity index (χ1n) is 6.52. The van der Waals surface area contributed by atoms with Crippen LogP contribution in [-0.2, 0) is 26.2 Å². The van der Waals surface area contributed by atoms with E-state index in [9.17, 15) is 17.6 Å². The Morgan fingerprint density at radius 1 is 1.09 bits per heavy atom. The number of halogens is 2. The van der Waals surface area contributed by atoms with E-state index in [4.69, 9.17) is 16.3 Å². The molecule has 0 aliphatic carbocycles. The molecule has 0 radical (unpaired) electrons. The van der Waals surface area contributed by atoms with E-state index < -0.39 is 28.4 Å². The van der Waals surface area contributed by atoms with Gasteiger partial charge in [0.15, 0.2) is 0 Å². The molecule has 0 unspecified atom stereocenters. The molecule has 0 aliphatic rings. The molecule has 2 rings (SSSR count). The van der Waals surface area contributed by atoms with Gasteiger partial charge in [0.2, 0.25) is 10.0 Å². The number of nitrogens with one attached hydrogen (secondary N) is 1. The fourth-order valence-electron chi connectivity index (χ4n) is 1.65. The fraction of sp³-hybridized carbons (Fsp3) is 0.133. The van der Waals surface area contributed by atoms with Crippen LogP contribution in [0.2, 0.25) is 5.02 Å². The third-order valence-electron chi connectivity index (χ3n) is 2.84. The second kappa shape index (κ2) is 7.54. The lowest BCUT2D eigenvalue weighted by Gasteiger charge is -2.07. The summed E-state index contributed by atoms with van der Waals surface area (Å²) in [7, 11) is -3.90. The largest absolute Gasteiger partial charge is 0.460 e. The molecule has 0 atom stereocenters. The van der Waals surface area contributed by atoms with E-state index >= 15 is 0 Å². The molecule has 0 spiro atoms. The van der Waals surface area contributed by atoms with Crippen LogP contribution >= 0.6 is 11.6 Å². The Morgan fingerprint density at radius 2 is 1.70 bits per heavy atom. The molecular formula is C15H13ClFNO4S. The third-order valence-corrected chi connectivity index (χ3v) is 4.51. The van der Waals surface area contributed by atoms with Gasteiger partial charge in [-0.15, -0.1) is 0 Å². The predicted octanol–water partition coefficient (Wildman–Crippen LogP) is 2.50. The standard InChI is InChI=1S/C15H13ClFNO4S/c16-12-3-1-11(2-4-12)10-22-15(19)9-18-23(20,21)14-7-5-13(17)6-8-14/h1-8,18H,9-10H2. The SMILES string of the molecule is O=C(CNS(=O)(=O)c1ccc(F)cc1)OCc1ccc(Cl)cc1. The van der Waals surface area contributed by atoms with Gasteiger partial charge in [-0.3, -0.25) is 4.79 Å². The van der Waals surface area contributed by atoms with Gasteiger partial charge in [0.25, 0.3) is 0 Å². The lowest BCUT2D eigenvalue weighted by Crippen LogP contribution is -2.30. The smallest absolute Gasteiger partial charge is 0.321 e. The molecule has 1 N–H and O–H groups in total. The molecule has 122 valence electrons. The number of hydrogen-bond acceptors (Lipinski definition) is 4. The molecule has 23 heavy (non-hydrogen) atoms. The van der Waals surface area contributed by atoms with Gasteiger partial charge >= 0.3 is 5.97 Å². The van der Waals surface area contributed by atoms with Crippen LogP contribution < -0.4 is 4.72 Å². The van der Waals surface area contributed by atoms with Gasteiger partial charge in [-0.2, -0.15) is 4.72 Å². The van der Waals surface area contributed by atoms with Crippen LogP contribution in [-0.4, -0.2) is 20.9 Å². The minimum atomic E-state index is -3.90. The highest BCUT2D eigenvalue weighted by Gasteiger charge is 2.16. The first-order chi connectivity index (χ1) is 10.9. The van der Waals surface area contributed by atoms with Crippen LogP contribution in [0.3, 0.4) is 0 Å². The summed E-state index contributed by atoms with van der Waals surface area (Å²) in [5.41, 5.74) is 0.726. The van der Waals surface area contributed by atoms with Gasteiger partial charge in [-0.1, -0.05) is 23.7 Å². The molecule has 0 saturated carbocycles. The van der Waals surface area contributed by atoms with E-state index in [1.165, 1.54) is 0 Å². The van der Waals surface area contributed by atoms with Crippen LogP contribution in [0.15, 0.2) is 53.4 Å². The van der Waals surface area contributed by atoms with Gasteiger partial charge in [-0.05, 0) is 42.0 Å².